The molecule has 1 amide bonds. The van der Waals surface area contributed by atoms with Crippen LogP contribution in [0.3, 0.4) is 0 Å². The van der Waals surface area contributed by atoms with E-state index in [2.05, 4.69) is 26.4 Å². The maximum Gasteiger partial charge on any atom is 0.407 e. The third-order valence-electron chi connectivity index (χ3n) is 2.41. The van der Waals surface area contributed by atoms with Gasteiger partial charge < -0.3 is 19.3 Å². The van der Waals surface area contributed by atoms with Crippen LogP contribution in [0.1, 0.15) is 20.8 Å². The molecule has 0 aliphatic heterocycles. The first-order chi connectivity index (χ1) is 9.85. The minimum atomic E-state index is -0.514. The number of hydrogen-bond donors (Lipinski definition) is 1. The van der Waals surface area contributed by atoms with Gasteiger partial charge in [0.1, 0.15) is 12.2 Å². The van der Waals surface area contributed by atoms with Crippen LogP contribution >= 0.6 is 15.9 Å². The summed E-state index contributed by atoms with van der Waals surface area (Å²) >= 11 is 3.38. The first-order valence-electron chi connectivity index (χ1n) is 6.50. The van der Waals surface area contributed by atoms with Crippen LogP contribution in [0.25, 0.3) is 11.0 Å². The van der Waals surface area contributed by atoms with Gasteiger partial charge in [-0.15, -0.1) is 0 Å². The molecule has 0 aliphatic carbocycles. The van der Waals surface area contributed by atoms with Crippen molar-refractivity contribution in [2.75, 3.05) is 13.2 Å². The molecule has 2 aromatic rings. The van der Waals surface area contributed by atoms with Gasteiger partial charge >= 0.3 is 6.09 Å². The maximum atomic E-state index is 11.4. The predicted octanol–water partition coefficient (Wildman–Crippen LogP) is 3.49. The average molecular weight is 357 g/mol. The minimum absolute atomic E-state index is 0.271. The number of benzene rings is 1. The molecule has 0 bridgehead atoms. The van der Waals surface area contributed by atoms with Crippen LogP contribution in [-0.4, -0.2) is 30.0 Å². The van der Waals surface area contributed by atoms with E-state index in [1.165, 1.54) is 0 Å². The van der Waals surface area contributed by atoms with Gasteiger partial charge in [0.2, 0.25) is 0 Å². The number of nitrogens with zero attached hydrogens (tertiary/aromatic N) is 1. The van der Waals surface area contributed by atoms with Crippen molar-refractivity contribution in [3.8, 4) is 5.88 Å². The molecule has 0 aliphatic rings. The summed E-state index contributed by atoms with van der Waals surface area (Å²) in [6, 6.07) is 5.53. The van der Waals surface area contributed by atoms with E-state index >= 15 is 0 Å². The van der Waals surface area contributed by atoms with Gasteiger partial charge in [0.05, 0.1) is 11.9 Å². The van der Waals surface area contributed by atoms with Crippen LogP contribution < -0.4 is 10.1 Å². The number of nitrogens with one attached hydrogen (secondary N) is 1. The Bertz CT molecular complexity index is 633. The lowest BCUT2D eigenvalue weighted by Gasteiger charge is -2.19. The molecule has 0 saturated carbocycles. The molecule has 0 spiro atoms. The molecule has 21 heavy (non-hydrogen) atoms. The Kier molecular flexibility index (Phi) is 4.72. The fourth-order valence-electron chi connectivity index (χ4n) is 1.61. The molecular weight excluding hydrogens is 340 g/mol. The van der Waals surface area contributed by atoms with Crippen molar-refractivity contribution >= 4 is 33.0 Å². The summed E-state index contributed by atoms with van der Waals surface area (Å²) in [6.07, 6.45) is -0.473. The highest BCUT2D eigenvalue weighted by Gasteiger charge is 2.15. The molecule has 6 nitrogen and oxygen atoms in total. The van der Waals surface area contributed by atoms with Crippen LogP contribution in [0.5, 0.6) is 5.88 Å². The summed E-state index contributed by atoms with van der Waals surface area (Å²) in [4.78, 5) is 11.4. The van der Waals surface area contributed by atoms with Gasteiger partial charge in [-0.05, 0) is 44.1 Å². The van der Waals surface area contributed by atoms with Crippen molar-refractivity contribution in [3.63, 3.8) is 0 Å². The van der Waals surface area contributed by atoms with Gasteiger partial charge in [-0.2, -0.15) is 0 Å². The quantitative estimate of drug-likeness (QED) is 0.848. The third-order valence-corrected chi connectivity index (χ3v) is 2.90. The fourth-order valence-corrected chi connectivity index (χ4v) is 1.97. The Balaban J connectivity index is 1.83. The number of amides is 1. The van der Waals surface area contributed by atoms with Crippen molar-refractivity contribution in [3.05, 3.63) is 22.7 Å². The lowest BCUT2D eigenvalue weighted by atomic mass is 10.2. The van der Waals surface area contributed by atoms with Crippen molar-refractivity contribution in [1.29, 1.82) is 0 Å². The monoisotopic (exact) mass is 356 g/mol. The summed E-state index contributed by atoms with van der Waals surface area (Å²) in [6.45, 7) is 6.01. The zero-order valence-electron chi connectivity index (χ0n) is 12.1. The van der Waals surface area contributed by atoms with Gasteiger partial charge in [0.25, 0.3) is 5.88 Å². The van der Waals surface area contributed by atoms with Crippen LogP contribution in [0, 0.1) is 0 Å². The summed E-state index contributed by atoms with van der Waals surface area (Å²) in [5.41, 5.74) is 0.132. The summed E-state index contributed by atoms with van der Waals surface area (Å²) < 4.78 is 16.7. The Labute approximate surface area is 130 Å². The Morgan fingerprint density at radius 1 is 1.43 bits per heavy atom. The Morgan fingerprint density at radius 3 is 2.90 bits per heavy atom. The van der Waals surface area contributed by atoms with Gasteiger partial charge in [-0.25, -0.2) is 4.79 Å². The van der Waals surface area contributed by atoms with Crippen molar-refractivity contribution in [2.24, 2.45) is 0 Å². The number of alkyl carbamates (subject to hydrolysis) is 1. The maximum absolute atomic E-state index is 11.4. The molecule has 0 saturated heterocycles. The van der Waals surface area contributed by atoms with Crippen molar-refractivity contribution in [2.45, 2.75) is 26.4 Å². The zero-order chi connectivity index (χ0) is 15.5. The first-order valence-corrected chi connectivity index (χ1v) is 7.29. The highest BCUT2D eigenvalue weighted by molar-refractivity contribution is 9.10. The second-order valence-electron chi connectivity index (χ2n) is 5.41. The Morgan fingerprint density at radius 2 is 2.19 bits per heavy atom. The molecule has 114 valence electrons. The molecule has 0 radical (unpaired) electrons. The van der Waals surface area contributed by atoms with Gasteiger partial charge in [-0.3, -0.25) is 0 Å². The number of carbonyl (C=O) groups is 1. The van der Waals surface area contributed by atoms with Crippen molar-refractivity contribution < 1.29 is 18.8 Å². The largest absolute Gasteiger partial charge is 0.473 e. The molecule has 0 unspecified atom stereocenters. The SMILES string of the molecule is CC(C)(C)OC(=O)NCCOc1noc2ccc(Br)cc12. The van der Waals surface area contributed by atoms with E-state index in [9.17, 15) is 4.79 Å². The lowest BCUT2D eigenvalue weighted by Crippen LogP contribution is -2.34. The number of aromatic nitrogens is 1. The molecule has 0 atom stereocenters. The molecule has 2 rings (SSSR count). The highest BCUT2D eigenvalue weighted by atomic mass is 79.9. The van der Waals surface area contributed by atoms with E-state index in [4.69, 9.17) is 14.0 Å². The van der Waals surface area contributed by atoms with Gasteiger partial charge in [0, 0.05) is 4.47 Å². The fraction of sp³-hybridized carbons (Fsp3) is 0.429. The zero-order valence-corrected chi connectivity index (χ0v) is 13.7. The van der Waals surface area contributed by atoms with Crippen molar-refractivity contribution in [1.82, 2.24) is 10.5 Å². The number of ether oxygens (including phenoxy) is 2. The average Bonchev–Trinajstić information content (AvgIpc) is 2.75. The number of carbonyl (C=O) groups excluding carboxylic acids is 1. The van der Waals surface area contributed by atoms with Gasteiger partial charge in [0.15, 0.2) is 5.58 Å². The molecule has 1 aromatic heterocycles. The lowest BCUT2D eigenvalue weighted by molar-refractivity contribution is 0.0520. The molecular formula is C14H17BrN2O4. The Hall–Kier alpha value is -1.76. The number of fused-ring (bicyclic) bond motifs is 1. The second-order valence-corrected chi connectivity index (χ2v) is 6.32. The summed E-state index contributed by atoms with van der Waals surface area (Å²) in [5.74, 6) is 0.400. The molecule has 1 aromatic carbocycles. The van der Waals surface area contributed by atoms with E-state index in [1.54, 1.807) is 6.07 Å². The summed E-state index contributed by atoms with van der Waals surface area (Å²) in [5, 5.41) is 7.24. The van der Waals surface area contributed by atoms with E-state index < -0.39 is 11.7 Å². The van der Waals surface area contributed by atoms with E-state index in [1.807, 2.05) is 32.9 Å². The molecule has 0 fully saturated rings. The second kappa shape index (κ2) is 6.34. The van der Waals surface area contributed by atoms with E-state index in [-0.39, 0.29) is 6.61 Å². The minimum Gasteiger partial charge on any atom is -0.473 e. The van der Waals surface area contributed by atoms with E-state index in [0.717, 1.165) is 9.86 Å². The molecule has 1 heterocycles. The predicted molar refractivity (Wildman–Crippen MR) is 81.4 cm³/mol. The number of hydrogen-bond acceptors (Lipinski definition) is 5. The normalized spacial score (nSPS) is 11.4. The molecule has 7 heteroatoms. The van der Waals surface area contributed by atoms with E-state index in [0.29, 0.717) is 18.0 Å². The van der Waals surface area contributed by atoms with Crippen LogP contribution in [0.15, 0.2) is 27.2 Å². The van der Waals surface area contributed by atoms with Crippen LogP contribution in [0.4, 0.5) is 4.79 Å². The number of rotatable bonds is 4. The topological polar surface area (TPSA) is 73.6 Å². The number of halogens is 1. The standard InChI is InChI=1S/C14H17BrN2O4/c1-14(2,3)20-13(18)16-6-7-19-12-10-8-9(15)4-5-11(10)21-17-12/h4-5,8H,6-7H2,1-3H3,(H,16,18). The van der Waals surface area contributed by atoms with Crippen LogP contribution in [-0.2, 0) is 4.74 Å². The molecule has 1 N–H and O–H groups in total. The van der Waals surface area contributed by atoms with Crippen LogP contribution in [0.2, 0.25) is 0 Å². The third kappa shape index (κ3) is 4.63. The summed E-state index contributed by atoms with van der Waals surface area (Å²) in [7, 11) is 0. The highest BCUT2D eigenvalue weighted by Crippen LogP contribution is 2.27. The smallest absolute Gasteiger partial charge is 0.407 e. The van der Waals surface area contributed by atoms with Gasteiger partial charge in [-0.1, -0.05) is 15.9 Å². The first kappa shape index (κ1) is 15.6.